The summed E-state index contributed by atoms with van der Waals surface area (Å²) in [6.07, 6.45) is 5.14. The van der Waals surface area contributed by atoms with E-state index >= 15 is 0 Å². The summed E-state index contributed by atoms with van der Waals surface area (Å²) >= 11 is 1.53. The van der Waals surface area contributed by atoms with Crippen molar-refractivity contribution < 1.29 is 9.59 Å². The predicted octanol–water partition coefficient (Wildman–Crippen LogP) is 0.889. The van der Waals surface area contributed by atoms with Crippen LogP contribution in [-0.4, -0.2) is 62.5 Å². The monoisotopic (exact) mass is 374 g/mol. The molecule has 138 valence electrons. The summed E-state index contributed by atoms with van der Waals surface area (Å²) < 4.78 is 0. The van der Waals surface area contributed by atoms with Crippen molar-refractivity contribution in [2.45, 2.75) is 24.3 Å². The van der Waals surface area contributed by atoms with Crippen LogP contribution >= 0.6 is 11.8 Å². The number of nitrogens with one attached hydrogen (secondary N) is 2. The quantitative estimate of drug-likeness (QED) is 0.525. The molecule has 1 aliphatic rings. The average molecular weight is 374 g/mol. The van der Waals surface area contributed by atoms with E-state index in [4.69, 9.17) is 0 Å². The van der Waals surface area contributed by atoms with E-state index in [1.807, 2.05) is 18.2 Å². The number of aromatic amines is 1. The summed E-state index contributed by atoms with van der Waals surface area (Å²) in [6, 6.07) is 5.76. The Morgan fingerprint density at radius 2 is 2.35 bits per heavy atom. The third-order valence-electron chi connectivity index (χ3n) is 4.28. The van der Waals surface area contributed by atoms with Gasteiger partial charge in [-0.05, 0) is 18.6 Å². The minimum atomic E-state index is -0.145. The van der Waals surface area contributed by atoms with Gasteiger partial charge in [0.2, 0.25) is 11.8 Å². The first-order chi connectivity index (χ1) is 12.7. The number of nitrogens with zero attached hydrogens (tertiary/aromatic N) is 4. The molecule has 2 aromatic heterocycles. The molecule has 9 heteroatoms. The maximum atomic E-state index is 12.4. The largest absolute Gasteiger partial charge is 0.355 e. The highest BCUT2D eigenvalue weighted by atomic mass is 32.2. The molecule has 0 unspecified atom stereocenters. The number of carbonyl (C=O) groups is 2. The maximum absolute atomic E-state index is 12.4. The Kier molecular flexibility index (Phi) is 6.59. The van der Waals surface area contributed by atoms with E-state index in [1.165, 1.54) is 11.8 Å². The number of hydrogen-bond donors (Lipinski definition) is 2. The number of rotatable bonds is 8. The average Bonchev–Trinajstić information content (AvgIpc) is 3.19. The van der Waals surface area contributed by atoms with Gasteiger partial charge in [-0.25, -0.2) is 0 Å². The van der Waals surface area contributed by atoms with Crippen LogP contribution in [0.5, 0.6) is 0 Å². The van der Waals surface area contributed by atoms with Crippen LogP contribution in [0.3, 0.4) is 0 Å². The van der Waals surface area contributed by atoms with Gasteiger partial charge >= 0.3 is 0 Å². The lowest BCUT2D eigenvalue weighted by molar-refractivity contribution is -0.138. The van der Waals surface area contributed by atoms with Gasteiger partial charge in [0, 0.05) is 50.1 Å². The maximum Gasteiger partial charge on any atom is 0.224 e. The van der Waals surface area contributed by atoms with Crippen LogP contribution in [0.25, 0.3) is 0 Å². The van der Waals surface area contributed by atoms with Gasteiger partial charge in [-0.1, -0.05) is 6.07 Å². The molecule has 1 saturated heterocycles. The van der Waals surface area contributed by atoms with Gasteiger partial charge in [-0.3, -0.25) is 14.6 Å². The fraction of sp³-hybridized carbons (Fsp3) is 0.471. The SMILES string of the molecule is O=C(NCCSc1cn[nH]n1)[C@H]1CCC(=O)N(CCc2ccccn2)C1. The summed E-state index contributed by atoms with van der Waals surface area (Å²) in [6.45, 7) is 1.64. The van der Waals surface area contributed by atoms with Gasteiger partial charge in [0.05, 0.1) is 12.1 Å². The fourth-order valence-corrected chi connectivity index (χ4v) is 3.52. The molecule has 0 aliphatic carbocycles. The molecule has 1 aliphatic heterocycles. The number of aromatic nitrogens is 4. The molecule has 26 heavy (non-hydrogen) atoms. The highest BCUT2D eigenvalue weighted by Crippen LogP contribution is 2.18. The third kappa shape index (κ3) is 5.29. The number of hydrogen-bond acceptors (Lipinski definition) is 6. The second-order valence-electron chi connectivity index (χ2n) is 6.09. The van der Waals surface area contributed by atoms with Gasteiger partial charge in [-0.15, -0.1) is 16.9 Å². The Morgan fingerprint density at radius 1 is 1.42 bits per heavy atom. The lowest BCUT2D eigenvalue weighted by Gasteiger charge is -2.32. The Morgan fingerprint density at radius 3 is 3.12 bits per heavy atom. The second kappa shape index (κ2) is 9.33. The van der Waals surface area contributed by atoms with E-state index in [9.17, 15) is 9.59 Å². The molecule has 3 heterocycles. The van der Waals surface area contributed by atoms with E-state index < -0.39 is 0 Å². The van der Waals surface area contributed by atoms with Crippen LogP contribution in [0.15, 0.2) is 35.6 Å². The van der Waals surface area contributed by atoms with Crippen LogP contribution in [0.1, 0.15) is 18.5 Å². The van der Waals surface area contributed by atoms with E-state index in [0.29, 0.717) is 38.9 Å². The number of H-pyrrole nitrogens is 1. The summed E-state index contributed by atoms with van der Waals surface area (Å²) in [5.41, 5.74) is 0.955. The molecule has 8 nitrogen and oxygen atoms in total. The highest BCUT2D eigenvalue weighted by molar-refractivity contribution is 7.99. The normalized spacial score (nSPS) is 17.3. The predicted molar refractivity (Wildman–Crippen MR) is 97.4 cm³/mol. The molecule has 1 fully saturated rings. The zero-order chi connectivity index (χ0) is 18.2. The number of thioether (sulfide) groups is 1. The topological polar surface area (TPSA) is 104 Å². The van der Waals surface area contributed by atoms with Crippen molar-refractivity contribution in [3.63, 3.8) is 0 Å². The Bertz CT molecular complexity index is 709. The molecule has 0 spiro atoms. The van der Waals surface area contributed by atoms with Crippen LogP contribution in [0.2, 0.25) is 0 Å². The lowest BCUT2D eigenvalue weighted by atomic mass is 9.96. The lowest BCUT2D eigenvalue weighted by Crippen LogP contribution is -2.46. The van der Waals surface area contributed by atoms with Crippen LogP contribution in [-0.2, 0) is 16.0 Å². The minimum absolute atomic E-state index is 0.0149. The van der Waals surface area contributed by atoms with E-state index in [0.717, 1.165) is 16.5 Å². The molecule has 1 atom stereocenters. The van der Waals surface area contributed by atoms with Gasteiger partial charge in [0.1, 0.15) is 5.03 Å². The number of likely N-dealkylation sites (tertiary alicyclic amines) is 1. The fourth-order valence-electron chi connectivity index (χ4n) is 2.88. The summed E-state index contributed by atoms with van der Waals surface area (Å²) in [5, 5.41) is 14.0. The van der Waals surface area contributed by atoms with Crippen molar-refractivity contribution in [1.29, 1.82) is 0 Å². The first-order valence-electron chi connectivity index (χ1n) is 8.66. The number of pyridine rings is 1. The number of piperidine rings is 1. The Labute approximate surface area is 156 Å². The standard InChI is InChI=1S/C17H22N6O2S/c24-16-5-4-13(12-23(16)9-6-14-3-1-2-7-18-14)17(25)19-8-10-26-15-11-20-22-21-15/h1-3,7,11,13H,4-6,8-10,12H2,(H,19,25)(H,20,21,22)/t13-/m0/s1. The van der Waals surface area contributed by atoms with Crippen molar-refractivity contribution in [2.24, 2.45) is 5.92 Å². The molecule has 2 amide bonds. The second-order valence-corrected chi connectivity index (χ2v) is 7.21. The van der Waals surface area contributed by atoms with Gasteiger partial charge < -0.3 is 10.2 Å². The zero-order valence-electron chi connectivity index (χ0n) is 14.4. The number of carbonyl (C=O) groups excluding carboxylic acids is 2. The summed E-state index contributed by atoms with van der Waals surface area (Å²) in [4.78, 5) is 30.6. The van der Waals surface area contributed by atoms with E-state index in [2.05, 4.69) is 25.7 Å². The molecule has 0 aromatic carbocycles. The minimum Gasteiger partial charge on any atom is -0.355 e. The number of amides is 2. The van der Waals surface area contributed by atoms with Crippen molar-refractivity contribution in [2.75, 3.05) is 25.4 Å². The van der Waals surface area contributed by atoms with E-state index in [1.54, 1.807) is 17.3 Å². The summed E-state index contributed by atoms with van der Waals surface area (Å²) in [7, 11) is 0. The zero-order valence-corrected chi connectivity index (χ0v) is 15.2. The molecule has 0 radical (unpaired) electrons. The molecule has 0 saturated carbocycles. The molecule has 3 rings (SSSR count). The Balaban J connectivity index is 1.41. The van der Waals surface area contributed by atoms with Gasteiger partial charge in [0.25, 0.3) is 0 Å². The highest BCUT2D eigenvalue weighted by Gasteiger charge is 2.29. The van der Waals surface area contributed by atoms with Gasteiger partial charge in [0.15, 0.2) is 0 Å². The molecule has 2 aromatic rings. The van der Waals surface area contributed by atoms with Crippen molar-refractivity contribution >= 4 is 23.6 Å². The van der Waals surface area contributed by atoms with Crippen molar-refractivity contribution in [3.05, 3.63) is 36.3 Å². The van der Waals surface area contributed by atoms with Crippen molar-refractivity contribution in [3.8, 4) is 0 Å². The molecular weight excluding hydrogens is 352 g/mol. The third-order valence-corrected chi connectivity index (χ3v) is 5.18. The first kappa shape index (κ1) is 18.4. The first-order valence-corrected chi connectivity index (χ1v) is 9.65. The van der Waals surface area contributed by atoms with Crippen LogP contribution in [0, 0.1) is 5.92 Å². The molecule has 0 bridgehead atoms. The molecular formula is C17H22N6O2S. The van der Waals surface area contributed by atoms with Crippen LogP contribution < -0.4 is 5.32 Å². The van der Waals surface area contributed by atoms with Crippen LogP contribution in [0.4, 0.5) is 0 Å². The molecule has 2 N–H and O–H groups in total. The summed E-state index contributed by atoms with van der Waals surface area (Å²) in [5.74, 6) is 0.717. The smallest absolute Gasteiger partial charge is 0.224 e. The van der Waals surface area contributed by atoms with E-state index in [-0.39, 0.29) is 17.7 Å². The van der Waals surface area contributed by atoms with Crippen molar-refractivity contribution in [1.82, 2.24) is 30.6 Å². The van der Waals surface area contributed by atoms with Gasteiger partial charge in [-0.2, -0.15) is 10.3 Å². The Hall–Kier alpha value is -2.42.